The minimum Gasteiger partial charge on any atom is -0.497 e. The van der Waals surface area contributed by atoms with Crippen molar-refractivity contribution in [2.24, 2.45) is 0 Å². The average Bonchev–Trinajstić information content (AvgIpc) is 2.43. The van der Waals surface area contributed by atoms with E-state index in [1.165, 1.54) is 5.56 Å². The topological polar surface area (TPSA) is 30.5 Å². The van der Waals surface area contributed by atoms with E-state index < -0.39 is 0 Å². The van der Waals surface area contributed by atoms with E-state index in [1.807, 2.05) is 12.1 Å². The minimum absolute atomic E-state index is 0.406. The lowest BCUT2D eigenvalue weighted by Crippen LogP contribution is -2.34. The average molecular weight is 330 g/mol. The number of rotatable bonds is 9. The Hall–Kier alpha value is -0.580. The van der Waals surface area contributed by atoms with Gasteiger partial charge in [-0.3, -0.25) is 0 Å². The van der Waals surface area contributed by atoms with Crippen LogP contribution in [0, 0.1) is 0 Å². The molecule has 0 amide bonds. The minimum atomic E-state index is 0.406. The first-order chi connectivity index (χ1) is 9.21. The molecule has 0 aliphatic carbocycles. The van der Waals surface area contributed by atoms with Crippen molar-refractivity contribution >= 4 is 15.9 Å². The fourth-order valence-electron chi connectivity index (χ4n) is 1.99. The third-order valence-electron chi connectivity index (χ3n) is 3.07. The molecule has 0 spiro atoms. The van der Waals surface area contributed by atoms with Gasteiger partial charge < -0.3 is 14.8 Å². The summed E-state index contributed by atoms with van der Waals surface area (Å²) in [5.41, 5.74) is 1.28. The first-order valence-corrected chi connectivity index (χ1v) is 7.55. The highest BCUT2D eigenvalue weighted by atomic mass is 79.9. The third-order valence-corrected chi connectivity index (χ3v) is 3.84. The predicted octanol–water partition coefficient (Wildman–Crippen LogP) is 3.40. The summed E-state index contributed by atoms with van der Waals surface area (Å²) in [6.45, 7) is 3.96. The lowest BCUT2D eigenvalue weighted by atomic mass is 10.1. The number of ether oxygens (including phenoxy) is 2. The van der Waals surface area contributed by atoms with Gasteiger partial charge in [0.15, 0.2) is 0 Å². The summed E-state index contributed by atoms with van der Waals surface area (Å²) < 4.78 is 11.7. The molecule has 1 N–H and O–H groups in total. The maximum atomic E-state index is 5.27. The van der Waals surface area contributed by atoms with Gasteiger partial charge in [0.2, 0.25) is 0 Å². The SMILES string of the molecule is CCCNC(CCc1cc(OC)ccc1Br)COC. The lowest BCUT2D eigenvalue weighted by Gasteiger charge is -2.18. The lowest BCUT2D eigenvalue weighted by molar-refractivity contribution is 0.162. The molecule has 3 nitrogen and oxygen atoms in total. The molecule has 0 saturated carbocycles. The van der Waals surface area contributed by atoms with Gasteiger partial charge in [-0.15, -0.1) is 0 Å². The normalized spacial score (nSPS) is 12.4. The molecule has 0 saturated heterocycles. The van der Waals surface area contributed by atoms with Crippen LogP contribution in [0.1, 0.15) is 25.3 Å². The Morgan fingerprint density at radius 3 is 2.74 bits per heavy atom. The molecule has 1 aromatic carbocycles. The first kappa shape index (κ1) is 16.5. The Morgan fingerprint density at radius 2 is 2.11 bits per heavy atom. The van der Waals surface area contributed by atoms with E-state index in [-0.39, 0.29) is 0 Å². The molecule has 4 heteroatoms. The summed E-state index contributed by atoms with van der Waals surface area (Å²) in [5, 5.41) is 3.52. The molecule has 0 bridgehead atoms. The quantitative estimate of drug-likeness (QED) is 0.753. The number of halogens is 1. The van der Waals surface area contributed by atoms with Crippen molar-refractivity contribution in [1.82, 2.24) is 5.32 Å². The van der Waals surface area contributed by atoms with Crippen molar-refractivity contribution in [1.29, 1.82) is 0 Å². The molecule has 0 aromatic heterocycles. The molecular weight excluding hydrogens is 306 g/mol. The van der Waals surface area contributed by atoms with E-state index in [0.717, 1.165) is 42.6 Å². The Bertz CT molecular complexity index is 371. The number of benzene rings is 1. The van der Waals surface area contributed by atoms with E-state index in [2.05, 4.69) is 34.2 Å². The second-order valence-electron chi connectivity index (χ2n) is 4.60. The predicted molar refractivity (Wildman–Crippen MR) is 83.0 cm³/mol. The molecule has 1 rings (SSSR count). The molecule has 0 aliphatic heterocycles. The largest absolute Gasteiger partial charge is 0.497 e. The van der Waals surface area contributed by atoms with Gasteiger partial charge in [0.05, 0.1) is 13.7 Å². The number of hydrogen-bond donors (Lipinski definition) is 1. The van der Waals surface area contributed by atoms with Crippen molar-refractivity contribution in [3.8, 4) is 5.75 Å². The first-order valence-electron chi connectivity index (χ1n) is 6.76. The van der Waals surface area contributed by atoms with E-state index in [9.17, 15) is 0 Å². The second-order valence-corrected chi connectivity index (χ2v) is 5.46. The number of nitrogens with one attached hydrogen (secondary N) is 1. The second kappa shape index (κ2) is 9.34. The third kappa shape index (κ3) is 5.93. The Kier molecular flexibility index (Phi) is 8.10. The fourth-order valence-corrected chi connectivity index (χ4v) is 2.44. The van der Waals surface area contributed by atoms with Crippen LogP contribution in [-0.4, -0.2) is 33.4 Å². The maximum absolute atomic E-state index is 5.27. The molecule has 0 aliphatic rings. The van der Waals surface area contributed by atoms with Crippen LogP contribution in [0.3, 0.4) is 0 Å². The van der Waals surface area contributed by atoms with Gasteiger partial charge in [-0.2, -0.15) is 0 Å². The van der Waals surface area contributed by atoms with Crippen LogP contribution in [0.2, 0.25) is 0 Å². The zero-order valence-corrected chi connectivity index (χ0v) is 13.6. The standard InChI is InChI=1S/C15H24BrNO2/c1-4-9-17-13(11-18-2)6-5-12-10-14(19-3)7-8-15(12)16/h7-8,10,13,17H,4-6,9,11H2,1-3H3. The van der Waals surface area contributed by atoms with Gasteiger partial charge in [0, 0.05) is 17.6 Å². The highest BCUT2D eigenvalue weighted by molar-refractivity contribution is 9.10. The Morgan fingerprint density at radius 1 is 1.32 bits per heavy atom. The van der Waals surface area contributed by atoms with Crippen LogP contribution >= 0.6 is 15.9 Å². The maximum Gasteiger partial charge on any atom is 0.119 e. The van der Waals surface area contributed by atoms with Crippen LogP contribution in [0.5, 0.6) is 5.75 Å². The summed E-state index contributed by atoms with van der Waals surface area (Å²) in [6, 6.07) is 6.51. The van der Waals surface area contributed by atoms with E-state index >= 15 is 0 Å². The van der Waals surface area contributed by atoms with Crippen molar-refractivity contribution in [3.63, 3.8) is 0 Å². The van der Waals surface area contributed by atoms with Crippen LogP contribution in [0.15, 0.2) is 22.7 Å². The van der Waals surface area contributed by atoms with Gasteiger partial charge in [-0.25, -0.2) is 0 Å². The molecule has 19 heavy (non-hydrogen) atoms. The van der Waals surface area contributed by atoms with Gasteiger partial charge in [-0.1, -0.05) is 22.9 Å². The van der Waals surface area contributed by atoms with Gasteiger partial charge in [0.1, 0.15) is 5.75 Å². The van der Waals surface area contributed by atoms with Crippen molar-refractivity contribution in [3.05, 3.63) is 28.2 Å². The summed E-state index contributed by atoms with van der Waals surface area (Å²) in [6.07, 6.45) is 3.20. The number of methoxy groups -OCH3 is 2. The van der Waals surface area contributed by atoms with E-state index in [1.54, 1.807) is 14.2 Å². The van der Waals surface area contributed by atoms with E-state index in [0.29, 0.717) is 6.04 Å². The zero-order valence-electron chi connectivity index (χ0n) is 12.0. The fraction of sp³-hybridized carbons (Fsp3) is 0.600. The van der Waals surface area contributed by atoms with Crippen molar-refractivity contribution in [2.45, 2.75) is 32.2 Å². The van der Waals surface area contributed by atoms with Gasteiger partial charge in [-0.05, 0) is 49.6 Å². The smallest absolute Gasteiger partial charge is 0.119 e. The molecule has 1 unspecified atom stereocenters. The van der Waals surface area contributed by atoms with Crippen molar-refractivity contribution < 1.29 is 9.47 Å². The van der Waals surface area contributed by atoms with E-state index in [4.69, 9.17) is 9.47 Å². The molecule has 0 heterocycles. The van der Waals surface area contributed by atoms with Crippen LogP contribution in [-0.2, 0) is 11.2 Å². The summed E-state index contributed by atoms with van der Waals surface area (Å²) in [5.74, 6) is 0.906. The summed E-state index contributed by atoms with van der Waals surface area (Å²) >= 11 is 3.59. The summed E-state index contributed by atoms with van der Waals surface area (Å²) in [4.78, 5) is 0. The van der Waals surface area contributed by atoms with Crippen LogP contribution in [0.25, 0.3) is 0 Å². The Balaban J connectivity index is 2.57. The van der Waals surface area contributed by atoms with Crippen LogP contribution in [0.4, 0.5) is 0 Å². The van der Waals surface area contributed by atoms with Crippen molar-refractivity contribution in [2.75, 3.05) is 27.4 Å². The molecular formula is C15H24BrNO2. The molecule has 1 atom stereocenters. The van der Waals surface area contributed by atoms with Gasteiger partial charge in [0.25, 0.3) is 0 Å². The summed E-state index contributed by atoms with van der Waals surface area (Å²) in [7, 11) is 3.45. The highest BCUT2D eigenvalue weighted by Gasteiger charge is 2.09. The zero-order chi connectivity index (χ0) is 14.1. The van der Waals surface area contributed by atoms with Gasteiger partial charge >= 0.3 is 0 Å². The molecule has 0 fully saturated rings. The monoisotopic (exact) mass is 329 g/mol. The Labute approximate surface area is 124 Å². The number of hydrogen-bond acceptors (Lipinski definition) is 3. The number of aryl methyl sites for hydroxylation is 1. The van der Waals surface area contributed by atoms with Crippen LogP contribution < -0.4 is 10.1 Å². The highest BCUT2D eigenvalue weighted by Crippen LogP contribution is 2.24. The molecule has 108 valence electrons. The molecule has 1 aromatic rings. The molecule has 0 radical (unpaired) electrons.